The smallest absolute Gasteiger partial charge is 0.228 e. The minimum atomic E-state index is -0.366. The van der Waals surface area contributed by atoms with E-state index < -0.39 is 0 Å². The topological polar surface area (TPSA) is 116 Å². The van der Waals surface area contributed by atoms with E-state index in [-0.39, 0.29) is 47.2 Å². The van der Waals surface area contributed by atoms with Gasteiger partial charge in [-0.2, -0.15) is 0 Å². The summed E-state index contributed by atoms with van der Waals surface area (Å²) in [7, 11) is 2.67. The Kier molecular flexibility index (Phi) is 7.68. The monoisotopic (exact) mass is 454 g/mol. The van der Waals surface area contributed by atoms with Crippen LogP contribution in [0.25, 0.3) is 0 Å². The molecule has 8 heteroatoms. The Morgan fingerprint density at radius 1 is 1.00 bits per heavy atom. The number of likely N-dealkylation sites (tertiary alicyclic amines) is 1. The molecule has 0 saturated carbocycles. The van der Waals surface area contributed by atoms with Gasteiger partial charge in [0, 0.05) is 43.0 Å². The molecule has 1 aliphatic carbocycles. The van der Waals surface area contributed by atoms with Gasteiger partial charge in [0.25, 0.3) is 0 Å². The molecule has 1 heterocycles. The van der Waals surface area contributed by atoms with Crippen LogP contribution in [0.5, 0.6) is 0 Å². The third kappa shape index (κ3) is 5.16. The van der Waals surface area contributed by atoms with E-state index >= 15 is 0 Å². The number of hydrogen-bond acceptors (Lipinski definition) is 6. The highest BCUT2D eigenvalue weighted by atomic mass is 16.5. The van der Waals surface area contributed by atoms with E-state index in [1.54, 1.807) is 11.8 Å². The Hall–Kier alpha value is -3.42. The van der Waals surface area contributed by atoms with Crippen molar-refractivity contribution in [1.29, 1.82) is 0 Å². The molecule has 176 valence electrons. The summed E-state index contributed by atoms with van der Waals surface area (Å²) in [6, 6.07) is 7.59. The van der Waals surface area contributed by atoms with Crippen molar-refractivity contribution in [1.82, 2.24) is 4.90 Å². The fourth-order valence-electron chi connectivity index (χ4n) is 4.38. The van der Waals surface area contributed by atoms with Crippen molar-refractivity contribution in [2.45, 2.75) is 39.0 Å². The van der Waals surface area contributed by atoms with E-state index in [1.807, 2.05) is 24.3 Å². The van der Waals surface area contributed by atoms with Crippen molar-refractivity contribution < 1.29 is 28.7 Å². The molecule has 8 nitrogen and oxygen atoms in total. The van der Waals surface area contributed by atoms with Crippen LogP contribution in [0.2, 0.25) is 0 Å². The average Bonchev–Trinajstić information content (AvgIpc) is 2.83. The average molecular weight is 455 g/mol. The number of ketones is 2. The number of nitrogens with zero attached hydrogens (tertiary/aromatic N) is 1. The van der Waals surface area contributed by atoms with Crippen LogP contribution < -0.4 is 5.73 Å². The molecule has 1 saturated heterocycles. The summed E-state index contributed by atoms with van der Waals surface area (Å²) in [6.45, 7) is 2.68. The number of allylic oxidation sites excluding steroid dienone is 2. The summed E-state index contributed by atoms with van der Waals surface area (Å²) in [6.07, 6.45) is 2.28. The first kappa shape index (κ1) is 24.2. The standard InChI is InChI=1S/C25H30N2O6/c1-15-19(22(30)24(33-3)23(32-2)21(15)29)14-18-7-5-4-6-16(18)8-9-20(28)27-12-10-17(11-13-27)25(26)31/h4-7,17H,8-14H2,1-3H3,(H2,26,31). The molecule has 0 aromatic heterocycles. The quantitative estimate of drug-likeness (QED) is 0.600. The number of nitrogens with two attached hydrogens (primary N) is 1. The molecule has 2 amide bonds. The molecule has 0 bridgehead atoms. The van der Waals surface area contributed by atoms with Gasteiger partial charge >= 0.3 is 0 Å². The van der Waals surface area contributed by atoms with Crippen LogP contribution in [-0.4, -0.2) is 55.6 Å². The van der Waals surface area contributed by atoms with Gasteiger partial charge in [-0.1, -0.05) is 24.3 Å². The molecule has 1 aliphatic heterocycles. The molecule has 0 spiro atoms. The predicted octanol–water partition coefficient (Wildman–Crippen LogP) is 1.86. The highest BCUT2D eigenvalue weighted by Crippen LogP contribution is 2.29. The first-order valence-electron chi connectivity index (χ1n) is 11.0. The van der Waals surface area contributed by atoms with Crippen LogP contribution in [0.15, 0.2) is 46.9 Å². The van der Waals surface area contributed by atoms with E-state index in [1.165, 1.54) is 14.2 Å². The van der Waals surface area contributed by atoms with E-state index in [0.717, 1.165) is 11.1 Å². The van der Waals surface area contributed by atoms with Crippen molar-refractivity contribution in [3.05, 3.63) is 58.1 Å². The summed E-state index contributed by atoms with van der Waals surface area (Å²) in [5.41, 5.74) is 7.89. The van der Waals surface area contributed by atoms with Gasteiger partial charge in [-0.15, -0.1) is 0 Å². The van der Waals surface area contributed by atoms with Crippen LogP contribution in [0.3, 0.4) is 0 Å². The number of amides is 2. The molecule has 2 N–H and O–H groups in total. The van der Waals surface area contributed by atoms with Gasteiger partial charge in [-0.3, -0.25) is 19.2 Å². The zero-order chi connectivity index (χ0) is 24.1. The van der Waals surface area contributed by atoms with Gasteiger partial charge in [-0.05, 0) is 37.3 Å². The molecule has 0 atom stereocenters. The lowest BCUT2D eigenvalue weighted by molar-refractivity contribution is -0.134. The number of benzene rings is 1. The number of piperidine rings is 1. The number of Topliss-reactive ketones (excluding diaryl/α,β-unsaturated/α-hetero) is 2. The molecule has 33 heavy (non-hydrogen) atoms. The second kappa shape index (κ2) is 10.5. The maximum atomic E-state index is 13.0. The van der Waals surface area contributed by atoms with Crippen molar-refractivity contribution in [2.24, 2.45) is 11.7 Å². The number of methoxy groups -OCH3 is 2. The molecule has 0 radical (unpaired) electrons. The largest absolute Gasteiger partial charge is 0.489 e. The van der Waals surface area contributed by atoms with Gasteiger partial charge < -0.3 is 20.1 Å². The lowest BCUT2D eigenvalue weighted by Gasteiger charge is -2.30. The van der Waals surface area contributed by atoms with Gasteiger partial charge in [0.05, 0.1) is 14.2 Å². The Bertz CT molecular complexity index is 1030. The van der Waals surface area contributed by atoms with Gasteiger partial charge in [0.2, 0.25) is 34.9 Å². The minimum Gasteiger partial charge on any atom is -0.489 e. The number of carbonyl (C=O) groups is 4. The summed E-state index contributed by atoms with van der Waals surface area (Å²) in [4.78, 5) is 51.5. The Morgan fingerprint density at radius 2 is 1.58 bits per heavy atom. The van der Waals surface area contributed by atoms with Gasteiger partial charge in [0.15, 0.2) is 0 Å². The second-order valence-electron chi connectivity index (χ2n) is 8.33. The molecule has 3 rings (SSSR count). The van der Waals surface area contributed by atoms with Crippen molar-refractivity contribution in [3.63, 3.8) is 0 Å². The summed E-state index contributed by atoms with van der Waals surface area (Å²) in [5.74, 6) is -1.34. The van der Waals surface area contributed by atoms with Crippen LogP contribution in [0.4, 0.5) is 0 Å². The second-order valence-corrected chi connectivity index (χ2v) is 8.33. The minimum absolute atomic E-state index is 0.0291. The highest BCUT2D eigenvalue weighted by molar-refractivity contribution is 6.23. The molecular formula is C25H30N2O6. The van der Waals surface area contributed by atoms with Crippen LogP contribution in [0.1, 0.15) is 37.3 Å². The molecular weight excluding hydrogens is 424 g/mol. The number of carbonyl (C=O) groups excluding carboxylic acids is 4. The Labute approximate surface area is 193 Å². The van der Waals surface area contributed by atoms with E-state index in [4.69, 9.17) is 15.2 Å². The third-order valence-electron chi connectivity index (χ3n) is 6.44. The first-order chi connectivity index (χ1) is 15.8. The van der Waals surface area contributed by atoms with Crippen molar-refractivity contribution in [2.75, 3.05) is 27.3 Å². The van der Waals surface area contributed by atoms with E-state index in [9.17, 15) is 19.2 Å². The van der Waals surface area contributed by atoms with Crippen LogP contribution in [-0.2, 0) is 41.5 Å². The number of aryl methyl sites for hydroxylation is 1. The fraction of sp³-hybridized carbons (Fsp3) is 0.440. The maximum Gasteiger partial charge on any atom is 0.228 e. The summed E-state index contributed by atoms with van der Waals surface area (Å²) >= 11 is 0. The number of ether oxygens (including phenoxy) is 2. The highest BCUT2D eigenvalue weighted by Gasteiger charge is 2.35. The first-order valence-corrected chi connectivity index (χ1v) is 11.0. The fourth-order valence-corrected chi connectivity index (χ4v) is 4.38. The predicted molar refractivity (Wildman–Crippen MR) is 121 cm³/mol. The maximum absolute atomic E-state index is 13.0. The Morgan fingerprint density at radius 3 is 2.15 bits per heavy atom. The molecule has 0 unspecified atom stereocenters. The van der Waals surface area contributed by atoms with Gasteiger partial charge in [-0.25, -0.2) is 0 Å². The summed E-state index contributed by atoms with van der Waals surface area (Å²) < 4.78 is 10.3. The van der Waals surface area contributed by atoms with E-state index in [2.05, 4.69) is 0 Å². The third-order valence-corrected chi connectivity index (χ3v) is 6.44. The SMILES string of the molecule is COC1=C(OC)C(=O)C(Cc2ccccc2CCC(=O)N2CCC(C(N)=O)CC2)=C(C)C1=O. The van der Waals surface area contributed by atoms with Crippen molar-refractivity contribution >= 4 is 23.4 Å². The lowest BCUT2D eigenvalue weighted by Crippen LogP contribution is -2.41. The van der Waals surface area contributed by atoms with E-state index in [0.29, 0.717) is 49.9 Å². The van der Waals surface area contributed by atoms with Gasteiger partial charge in [0.1, 0.15) is 0 Å². The molecule has 1 fully saturated rings. The Balaban J connectivity index is 1.71. The zero-order valence-corrected chi connectivity index (χ0v) is 19.3. The number of hydrogen-bond donors (Lipinski definition) is 1. The lowest BCUT2D eigenvalue weighted by atomic mass is 9.87. The number of rotatable bonds is 8. The van der Waals surface area contributed by atoms with Crippen LogP contribution in [0, 0.1) is 5.92 Å². The molecule has 1 aromatic carbocycles. The van der Waals surface area contributed by atoms with Crippen LogP contribution >= 0.6 is 0 Å². The summed E-state index contributed by atoms with van der Waals surface area (Å²) in [5, 5.41) is 0. The number of primary amides is 1. The molecule has 1 aromatic rings. The zero-order valence-electron chi connectivity index (χ0n) is 19.3. The van der Waals surface area contributed by atoms with Crippen molar-refractivity contribution in [3.8, 4) is 0 Å². The molecule has 2 aliphatic rings. The normalized spacial score (nSPS) is 17.5.